The van der Waals surface area contributed by atoms with Crippen LogP contribution in [0.4, 0.5) is 4.79 Å². The fourth-order valence-electron chi connectivity index (χ4n) is 2.59. The monoisotopic (exact) mass is 333 g/mol. The van der Waals surface area contributed by atoms with Gasteiger partial charge in [-0.25, -0.2) is 4.79 Å². The lowest BCUT2D eigenvalue weighted by Gasteiger charge is -2.21. The highest BCUT2D eigenvalue weighted by molar-refractivity contribution is 6.08. The minimum atomic E-state index is -0.986. The van der Waals surface area contributed by atoms with Crippen LogP contribution in [-0.2, 0) is 20.7 Å². The number of methoxy groups -OCH3 is 1. The minimum Gasteiger partial charge on any atom is -0.383 e. The van der Waals surface area contributed by atoms with E-state index in [1.165, 1.54) is 7.11 Å². The number of amides is 4. The van der Waals surface area contributed by atoms with E-state index in [1.54, 1.807) is 6.92 Å². The first-order chi connectivity index (χ1) is 11.5. The van der Waals surface area contributed by atoms with Gasteiger partial charge >= 0.3 is 6.03 Å². The Morgan fingerprint density at radius 2 is 2.00 bits per heavy atom. The number of nitrogens with zero attached hydrogens (tertiary/aromatic N) is 1. The summed E-state index contributed by atoms with van der Waals surface area (Å²) in [6.07, 6.45) is 1.14. The van der Waals surface area contributed by atoms with Crippen LogP contribution in [0.25, 0.3) is 0 Å². The Kier molecular flexibility index (Phi) is 5.92. The molecule has 1 atom stereocenters. The maximum absolute atomic E-state index is 12.6. The number of hydrogen-bond donors (Lipinski definition) is 2. The maximum Gasteiger partial charge on any atom is 0.325 e. The molecular weight excluding hydrogens is 310 g/mol. The van der Waals surface area contributed by atoms with Crippen molar-refractivity contribution in [3.05, 3.63) is 35.9 Å². The normalized spacial score (nSPS) is 20.2. The quantitative estimate of drug-likeness (QED) is 0.541. The van der Waals surface area contributed by atoms with E-state index in [4.69, 9.17) is 4.74 Å². The van der Waals surface area contributed by atoms with Gasteiger partial charge in [-0.1, -0.05) is 30.3 Å². The van der Waals surface area contributed by atoms with Crippen LogP contribution in [0.15, 0.2) is 30.3 Å². The Morgan fingerprint density at radius 1 is 1.29 bits per heavy atom. The van der Waals surface area contributed by atoms with E-state index in [-0.39, 0.29) is 18.4 Å². The number of hydrogen-bond acceptors (Lipinski definition) is 4. The van der Waals surface area contributed by atoms with Crippen LogP contribution in [0.1, 0.15) is 18.9 Å². The summed E-state index contributed by atoms with van der Waals surface area (Å²) in [6, 6.07) is 9.22. The molecule has 7 nitrogen and oxygen atoms in total. The van der Waals surface area contributed by atoms with E-state index < -0.39 is 11.6 Å². The Bertz CT molecular complexity index is 605. The topological polar surface area (TPSA) is 87.7 Å². The van der Waals surface area contributed by atoms with Gasteiger partial charge in [0.1, 0.15) is 12.1 Å². The Morgan fingerprint density at radius 3 is 2.67 bits per heavy atom. The van der Waals surface area contributed by atoms with Gasteiger partial charge < -0.3 is 15.4 Å². The zero-order valence-corrected chi connectivity index (χ0v) is 14.0. The predicted octanol–water partition coefficient (Wildman–Crippen LogP) is 0.692. The molecule has 24 heavy (non-hydrogen) atoms. The number of imide groups is 1. The number of nitrogens with one attached hydrogen (secondary N) is 2. The SMILES string of the molecule is COCCNC(=O)CN1C(=O)N[C@@](C)(CCc2ccccc2)C1=O. The van der Waals surface area contributed by atoms with E-state index in [0.29, 0.717) is 26.0 Å². The molecule has 7 heteroatoms. The molecule has 0 bridgehead atoms. The summed E-state index contributed by atoms with van der Waals surface area (Å²) >= 11 is 0. The van der Waals surface area contributed by atoms with Gasteiger partial charge in [0.05, 0.1) is 6.61 Å². The number of ether oxygens (including phenoxy) is 1. The molecule has 1 aromatic rings. The summed E-state index contributed by atoms with van der Waals surface area (Å²) in [5.74, 6) is -0.756. The van der Waals surface area contributed by atoms with Crippen LogP contribution in [-0.4, -0.2) is 55.1 Å². The van der Waals surface area contributed by atoms with Crippen molar-refractivity contribution in [1.29, 1.82) is 0 Å². The second-order valence-corrected chi connectivity index (χ2v) is 5.98. The van der Waals surface area contributed by atoms with Gasteiger partial charge in [-0.3, -0.25) is 14.5 Å². The van der Waals surface area contributed by atoms with E-state index in [1.807, 2.05) is 30.3 Å². The predicted molar refractivity (Wildman–Crippen MR) is 88.3 cm³/mol. The zero-order valence-electron chi connectivity index (χ0n) is 14.0. The summed E-state index contributed by atoms with van der Waals surface area (Å²) in [5, 5.41) is 5.30. The molecule has 2 rings (SSSR count). The second kappa shape index (κ2) is 7.92. The van der Waals surface area contributed by atoms with Crippen LogP contribution in [0.5, 0.6) is 0 Å². The van der Waals surface area contributed by atoms with Crippen LogP contribution < -0.4 is 10.6 Å². The second-order valence-electron chi connectivity index (χ2n) is 5.98. The van der Waals surface area contributed by atoms with Gasteiger partial charge in [-0.2, -0.15) is 0 Å². The van der Waals surface area contributed by atoms with Crippen molar-refractivity contribution in [2.45, 2.75) is 25.3 Å². The average molecular weight is 333 g/mol. The van der Waals surface area contributed by atoms with Gasteiger partial charge in [0, 0.05) is 13.7 Å². The van der Waals surface area contributed by atoms with Crippen molar-refractivity contribution in [3.8, 4) is 0 Å². The molecule has 2 N–H and O–H groups in total. The lowest BCUT2D eigenvalue weighted by Crippen LogP contribution is -2.45. The smallest absolute Gasteiger partial charge is 0.325 e. The molecule has 4 amide bonds. The third-order valence-electron chi connectivity index (χ3n) is 4.03. The molecule has 1 saturated heterocycles. The summed E-state index contributed by atoms with van der Waals surface area (Å²) < 4.78 is 4.84. The number of urea groups is 1. The first-order valence-electron chi connectivity index (χ1n) is 7.90. The highest BCUT2D eigenvalue weighted by Crippen LogP contribution is 2.23. The third kappa shape index (κ3) is 4.32. The van der Waals surface area contributed by atoms with Crippen LogP contribution in [0.3, 0.4) is 0 Å². The van der Waals surface area contributed by atoms with E-state index in [2.05, 4.69) is 10.6 Å². The van der Waals surface area contributed by atoms with E-state index in [0.717, 1.165) is 10.5 Å². The fourth-order valence-corrected chi connectivity index (χ4v) is 2.59. The molecule has 1 aliphatic heterocycles. The first-order valence-corrected chi connectivity index (χ1v) is 7.90. The lowest BCUT2D eigenvalue weighted by molar-refractivity contribution is -0.134. The maximum atomic E-state index is 12.6. The van der Waals surface area contributed by atoms with Gasteiger partial charge in [0.25, 0.3) is 5.91 Å². The Labute approximate surface area is 141 Å². The Balaban J connectivity index is 1.93. The van der Waals surface area contributed by atoms with Crippen LogP contribution in [0, 0.1) is 0 Å². The number of rotatable bonds is 8. The van der Waals surface area contributed by atoms with Gasteiger partial charge in [-0.05, 0) is 25.3 Å². The van der Waals surface area contributed by atoms with Crippen molar-refractivity contribution in [3.63, 3.8) is 0 Å². The van der Waals surface area contributed by atoms with Crippen molar-refractivity contribution in [2.75, 3.05) is 26.8 Å². The molecule has 1 aliphatic rings. The molecule has 0 radical (unpaired) electrons. The number of carbonyl (C=O) groups is 3. The average Bonchev–Trinajstić information content (AvgIpc) is 2.78. The summed E-state index contributed by atoms with van der Waals surface area (Å²) in [7, 11) is 1.53. The zero-order chi connectivity index (χ0) is 17.6. The third-order valence-corrected chi connectivity index (χ3v) is 4.03. The lowest BCUT2D eigenvalue weighted by atomic mass is 9.93. The highest BCUT2D eigenvalue weighted by Gasteiger charge is 2.47. The summed E-state index contributed by atoms with van der Waals surface area (Å²) in [4.78, 5) is 37.4. The molecular formula is C17H23N3O4. The van der Waals surface area contributed by atoms with Gasteiger partial charge in [0.15, 0.2) is 0 Å². The molecule has 0 saturated carbocycles. The van der Waals surface area contributed by atoms with E-state index >= 15 is 0 Å². The van der Waals surface area contributed by atoms with Crippen molar-refractivity contribution < 1.29 is 19.1 Å². The number of aryl methyl sites for hydroxylation is 1. The van der Waals surface area contributed by atoms with Crippen molar-refractivity contribution >= 4 is 17.8 Å². The summed E-state index contributed by atoms with van der Waals surface area (Å²) in [6.45, 7) is 2.12. The molecule has 0 aromatic heterocycles. The molecule has 0 aliphatic carbocycles. The van der Waals surface area contributed by atoms with Crippen LogP contribution >= 0.6 is 0 Å². The fraction of sp³-hybridized carbons (Fsp3) is 0.471. The molecule has 1 heterocycles. The largest absolute Gasteiger partial charge is 0.383 e. The first kappa shape index (κ1) is 17.9. The van der Waals surface area contributed by atoms with Crippen molar-refractivity contribution in [1.82, 2.24) is 15.5 Å². The van der Waals surface area contributed by atoms with Crippen LogP contribution in [0.2, 0.25) is 0 Å². The molecule has 0 unspecified atom stereocenters. The molecule has 1 aromatic carbocycles. The molecule has 130 valence electrons. The minimum absolute atomic E-state index is 0.282. The molecule has 1 fully saturated rings. The Hall–Kier alpha value is -2.41. The van der Waals surface area contributed by atoms with Crippen molar-refractivity contribution in [2.24, 2.45) is 0 Å². The molecule has 0 spiro atoms. The number of benzene rings is 1. The van der Waals surface area contributed by atoms with E-state index in [9.17, 15) is 14.4 Å². The number of carbonyl (C=O) groups excluding carboxylic acids is 3. The standard InChI is InChI=1S/C17H23N3O4/c1-17(9-8-13-6-4-3-5-7-13)15(22)20(16(23)19-17)12-14(21)18-10-11-24-2/h3-7H,8-12H2,1-2H3,(H,18,21)(H,19,23)/t17-/m0/s1. The van der Waals surface area contributed by atoms with Gasteiger partial charge in [-0.15, -0.1) is 0 Å². The summed E-state index contributed by atoms with van der Waals surface area (Å²) in [5.41, 5.74) is 0.108. The van der Waals surface area contributed by atoms with Gasteiger partial charge in [0.2, 0.25) is 5.91 Å². The highest BCUT2D eigenvalue weighted by atomic mass is 16.5.